The summed E-state index contributed by atoms with van der Waals surface area (Å²) >= 11 is 0. The van der Waals surface area contributed by atoms with Crippen molar-refractivity contribution < 1.29 is 47.4 Å². The molecule has 68 heavy (non-hydrogen) atoms. The van der Waals surface area contributed by atoms with Gasteiger partial charge < -0.3 is 43.6 Å². The number of nitrogen functional groups attached to an aromatic ring is 1. The SMILES string of the molecule is C=C1C[C@@H](CO[Si](C)(C)C(C)(C)C)N(C(=O)c2cc(OC)c(OCCCCCOc3cc(NC(=O)OCCSSc4ccc([N+](=O)[O-])cn4)c(C(=O)N4CC(=C)C[C@H]4CC)cc3OC)cc2N)C1. The van der Waals surface area contributed by atoms with Crippen molar-refractivity contribution in [2.75, 3.05) is 70.5 Å². The molecule has 2 saturated heterocycles. The summed E-state index contributed by atoms with van der Waals surface area (Å²) in [4.78, 5) is 59.1. The largest absolute Gasteiger partial charge is 0.493 e. The topological polar surface area (TPSA) is 207 Å². The third-order valence-electron chi connectivity index (χ3n) is 12.3. The molecule has 2 aliphatic rings. The van der Waals surface area contributed by atoms with Crippen molar-refractivity contribution in [3.8, 4) is 23.0 Å². The zero-order chi connectivity index (χ0) is 49.8. The van der Waals surface area contributed by atoms with Gasteiger partial charge in [0.25, 0.3) is 17.5 Å². The Hall–Kier alpha value is -5.44. The van der Waals surface area contributed by atoms with Gasteiger partial charge in [-0.15, -0.1) is 0 Å². The van der Waals surface area contributed by atoms with Crippen LogP contribution < -0.4 is 30.0 Å². The minimum Gasteiger partial charge on any atom is -0.493 e. The Kier molecular flexibility index (Phi) is 19.1. The van der Waals surface area contributed by atoms with E-state index in [1.54, 1.807) is 40.1 Å². The Labute approximate surface area is 408 Å². The molecule has 3 aromatic rings. The third kappa shape index (κ3) is 14.1. The first kappa shape index (κ1) is 53.5. The summed E-state index contributed by atoms with van der Waals surface area (Å²) in [6.07, 6.45) is 4.58. The van der Waals surface area contributed by atoms with Crippen molar-refractivity contribution >= 4 is 64.9 Å². The van der Waals surface area contributed by atoms with E-state index in [9.17, 15) is 24.5 Å². The van der Waals surface area contributed by atoms with Crippen molar-refractivity contribution in [3.63, 3.8) is 0 Å². The minimum absolute atomic E-state index is 0.0325. The number of ether oxygens (including phenoxy) is 5. The fourth-order valence-corrected chi connectivity index (χ4v) is 10.1. The molecule has 2 atom stereocenters. The van der Waals surface area contributed by atoms with Crippen molar-refractivity contribution in [2.24, 2.45) is 0 Å². The molecule has 0 unspecified atom stereocenters. The molecule has 17 nitrogen and oxygen atoms in total. The van der Waals surface area contributed by atoms with E-state index in [1.807, 2.05) is 6.92 Å². The van der Waals surface area contributed by atoms with Crippen LogP contribution in [0, 0.1) is 10.1 Å². The highest BCUT2D eigenvalue weighted by molar-refractivity contribution is 8.76. The molecule has 0 aliphatic carbocycles. The summed E-state index contributed by atoms with van der Waals surface area (Å²) in [7, 11) is 3.64. The minimum atomic E-state index is -2.03. The number of unbranched alkanes of at least 4 members (excludes halogenated alkanes) is 2. The smallest absolute Gasteiger partial charge is 0.411 e. The van der Waals surface area contributed by atoms with Gasteiger partial charge in [-0.3, -0.25) is 25.0 Å². The van der Waals surface area contributed by atoms with Crippen molar-refractivity contribution in [2.45, 2.75) is 101 Å². The first-order chi connectivity index (χ1) is 32.3. The lowest BCUT2D eigenvalue weighted by Gasteiger charge is -2.38. The molecule has 3 amide bonds. The number of methoxy groups -OCH3 is 2. The van der Waals surface area contributed by atoms with E-state index in [0.717, 1.165) is 24.0 Å². The third-order valence-corrected chi connectivity index (χ3v) is 19.0. The van der Waals surface area contributed by atoms with Crippen LogP contribution in [0.1, 0.15) is 86.9 Å². The maximum Gasteiger partial charge on any atom is 0.411 e. The Morgan fingerprint density at radius 3 is 2.04 bits per heavy atom. The average Bonchev–Trinajstić information content (AvgIpc) is 3.88. The highest BCUT2D eigenvalue weighted by atomic mass is 33.1. The summed E-state index contributed by atoms with van der Waals surface area (Å²) in [6.45, 7) is 23.2. The second-order valence-electron chi connectivity index (χ2n) is 18.2. The van der Waals surface area contributed by atoms with Gasteiger partial charge in [0.15, 0.2) is 31.3 Å². The molecular formula is C48H66N6O11S2Si. The summed E-state index contributed by atoms with van der Waals surface area (Å²) in [5.74, 6) is 1.39. The number of rotatable bonds is 23. The molecular weight excluding hydrogens is 929 g/mol. The number of benzene rings is 2. The lowest BCUT2D eigenvalue weighted by molar-refractivity contribution is -0.385. The number of nitrogens with two attached hydrogens (primary N) is 1. The second kappa shape index (κ2) is 24.2. The zero-order valence-corrected chi connectivity index (χ0v) is 43.1. The van der Waals surface area contributed by atoms with Gasteiger partial charge in [0.1, 0.15) is 17.8 Å². The Morgan fingerprint density at radius 1 is 0.882 bits per heavy atom. The molecule has 2 aliphatic heterocycles. The van der Waals surface area contributed by atoms with Crippen LogP contribution in [0.25, 0.3) is 0 Å². The molecule has 0 spiro atoms. The van der Waals surface area contributed by atoms with E-state index in [1.165, 1.54) is 48.1 Å². The van der Waals surface area contributed by atoms with E-state index in [4.69, 9.17) is 33.8 Å². The van der Waals surface area contributed by atoms with Gasteiger partial charge >= 0.3 is 6.09 Å². The van der Waals surface area contributed by atoms with Gasteiger partial charge in [-0.25, -0.2) is 9.78 Å². The highest BCUT2D eigenvalue weighted by Crippen LogP contribution is 2.40. The number of hydrogen-bond donors (Lipinski definition) is 2. The summed E-state index contributed by atoms with van der Waals surface area (Å²) < 4.78 is 35.6. The Morgan fingerprint density at radius 2 is 1.47 bits per heavy atom. The maximum atomic E-state index is 14.1. The average molecular weight is 995 g/mol. The maximum absolute atomic E-state index is 14.1. The van der Waals surface area contributed by atoms with Gasteiger partial charge in [-0.05, 0) is 85.7 Å². The van der Waals surface area contributed by atoms with Crippen LogP contribution in [0.5, 0.6) is 23.0 Å². The number of aromatic nitrogens is 1. The zero-order valence-electron chi connectivity index (χ0n) is 40.5. The van der Waals surface area contributed by atoms with Crippen LogP contribution in [-0.2, 0) is 9.16 Å². The standard InChI is InChI=1S/C48H66N6O11S2Si/c1-11-33-21-31(2)28-52(33)46(56)37-24-41(61-8)43(26-39(37)51-47(57)64-19-20-66-67-44-16-15-34(27-50-44)54(58)59)63-18-14-12-13-17-62-42-25-38(49)36(23-40(42)60-7)45(55)53-29-32(3)22-35(53)30-65-68(9,10)48(4,5)6/h15-16,23-27,33,35H,2-3,11-14,17-22,28-30,49H2,1,4-10H3,(H,51,57)/t33-,35+/m1/s1. The molecule has 20 heteroatoms. The van der Waals surface area contributed by atoms with Gasteiger partial charge in [-0.2, -0.15) is 0 Å². The van der Waals surface area contributed by atoms with E-state index >= 15 is 0 Å². The fourth-order valence-electron chi connectivity index (χ4n) is 7.41. The molecule has 3 N–H and O–H groups in total. The van der Waals surface area contributed by atoms with Gasteiger partial charge in [-0.1, -0.05) is 62.8 Å². The molecule has 0 bridgehead atoms. The van der Waals surface area contributed by atoms with E-state index in [0.29, 0.717) is 97.9 Å². The number of nitrogens with one attached hydrogen (secondary N) is 1. The predicted octanol–water partition coefficient (Wildman–Crippen LogP) is 10.2. The molecule has 2 aromatic carbocycles. The Bertz CT molecular complexity index is 2310. The van der Waals surface area contributed by atoms with E-state index < -0.39 is 19.3 Å². The number of hydrogen-bond acceptors (Lipinski definition) is 15. The molecule has 2 fully saturated rings. The van der Waals surface area contributed by atoms with Crippen molar-refractivity contribution in [1.82, 2.24) is 14.8 Å². The first-order valence-electron chi connectivity index (χ1n) is 22.6. The van der Waals surface area contributed by atoms with Gasteiger partial charge in [0.05, 0.1) is 61.8 Å². The van der Waals surface area contributed by atoms with Crippen LogP contribution in [0.3, 0.4) is 0 Å². The predicted molar refractivity (Wildman–Crippen MR) is 270 cm³/mol. The number of pyridine rings is 1. The van der Waals surface area contributed by atoms with Crippen LogP contribution in [0.4, 0.5) is 21.9 Å². The lowest BCUT2D eigenvalue weighted by atomic mass is 10.1. The first-order valence-corrected chi connectivity index (χ1v) is 27.9. The highest BCUT2D eigenvalue weighted by Gasteiger charge is 2.40. The van der Waals surface area contributed by atoms with Crippen LogP contribution in [0.15, 0.2) is 71.9 Å². The number of carbonyl (C=O) groups is 3. The van der Waals surface area contributed by atoms with Crippen molar-refractivity contribution in [3.05, 3.63) is 88.1 Å². The van der Waals surface area contributed by atoms with Gasteiger partial charge in [0.2, 0.25) is 0 Å². The molecule has 0 radical (unpaired) electrons. The molecule has 370 valence electrons. The molecule has 5 rings (SSSR count). The van der Waals surface area contributed by atoms with Crippen molar-refractivity contribution in [1.29, 1.82) is 0 Å². The van der Waals surface area contributed by atoms with E-state index in [-0.39, 0.29) is 58.2 Å². The fraction of sp³-hybridized carbons (Fsp3) is 0.500. The second-order valence-corrected chi connectivity index (χ2v) is 25.5. The number of nitrogens with zero attached hydrogens (tertiary/aromatic N) is 4. The number of anilines is 2. The quantitative estimate of drug-likeness (QED) is 0.0172. The number of nitro groups is 1. The summed E-state index contributed by atoms with van der Waals surface area (Å²) in [5.41, 5.74) is 9.35. The Balaban J connectivity index is 1.16. The number of likely N-dealkylation sites (tertiary alicyclic amines) is 2. The lowest BCUT2D eigenvalue weighted by Crippen LogP contribution is -2.46. The van der Waals surface area contributed by atoms with Gasteiger partial charge in [0, 0.05) is 48.8 Å². The summed E-state index contributed by atoms with van der Waals surface area (Å²) in [6, 6.07) is 9.16. The molecule has 3 heterocycles. The van der Waals surface area contributed by atoms with Crippen LogP contribution >= 0.6 is 21.6 Å². The van der Waals surface area contributed by atoms with E-state index in [2.05, 4.69) is 57.3 Å². The van der Waals surface area contributed by atoms with Crippen LogP contribution in [0.2, 0.25) is 18.1 Å². The normalized spacial score (nSPS) is 16.2. The molecule has 0 saturated carbocycles. The number of amides is 3. The number of carbonyl (C=O) groups excluding carboxylic acids is 3. The van der Waals surface area contributed by atoms with Crippen LogP contribution in [-0.4, -0.2) is 118 Å². The molecule has 1 aromatic heterocycles. The monoisotopic (exact) mass is 994 g/mol. The summed E-state index contributed by atoms with van der Waals surface area (Å²) in [5, 5.41) is 14.3.